The number of alkyl halides is 3. The first-order valence-corrected chi connectivity index (χ1v) is 7.80. The molecule has 8 heteroatoms. The van der Waals surface area contributed by atoms with Gasteiger partial charge in [-0.2, -0.15) is 13.2 Å². The number of anilines is 2. The highest BCUT2D eigenvalue weighted by atomic mass is 19.4. The zero-order chi connectivity index (χ0) is 18.9. The number of carbonyl (C=O) groups excluding carboxylic acids is 2. The minimum atomic E-state index is -4.60. The molecule has 2 aromatic carbocycles. The topological polar surface area (TPSA) is 58.6 Å². The summed E-state index contributed by atoms with van der Waals surface area (Å²) in [7, 11) is 0. The van der Waals surface area contributed by atoms with E-state index < -0.39 is 29.6 Å². The van der Waals surface area contributed by atoms with Crippen LogP contribution in [-0.2, 0) is 15.8 Å². The second kappa shape index (κ2) is 6.70. The predicted octanol–water partition coefficient (Wildman–Crippen LogP) is 3.46. The summed E-state index contributed by atoms with van der Waals surface area (Å²) in [5.41, 5.74) is -0.907. The lowest BCUT2D eigenvalue weighted by molar-refractivity contribution is -0.137. The summed E-state index contributed by atoms with van der Waals surface area (Å²) in [6.45, 7) is 1.21. The molecule has 1 atom stereocenters. The van der Waals surface area contributed by atoms with E-state index in [0.717, 1.165) is 6.07 Å². The second-order valence-electron chi connectivity index (χ2n) is 5.73. The van der Waals surface area contributed by atoms with Crippen molar-refractivity contribution in [2.24, 2.45) is 0 Å². The van der Waals surface area contributed by atoms with E-state index in [9.17, 15) is 22.8 Å². The SMILES string of the molecule is CC(C(=O)Nc1ccccc1C(F)(F)F)N1C(=O)COc2ccccc21. The quantitative estimate of drug-likeness (QED) is 0.908. The molecule has 5 nitrogen and oxygen atoms in total. The second-order valence-corrected chi connectivity index (χ2v) is 5.73. The molecule has 1 aliphatic heterocycles. The first-order chi connectivity index (χ1) is 12.3. The minimum Gasteiger partial charge on any atom is -0.482 e. The molecule has 0 aliphatic carbocycles. The molecule has 3 rings (SSSR count). The molecular weight excluding hydrogens is 349 g/mol. The number of nitrogens with one attached hydrogen (secondary N) is 1. The number of hydrogen-bond donors (Lipinski definition) is 1. The molecule has 2 aromatic rings. The van der Waals surface area contributed by atoms with Gasteiger partial charge < -0.3 is 10.1 Å². The van der Waals surface area contributed by atoms with Gasteiger partial charge in [0.2, 0.25) is 5.91 Å². The van der Waals surface area contributed by atoms with E-state index >= 15 is 0 Å². The van der Waals surface area contributed by atoms with Crippen molar-refractivity contribution in [2.45, 2.75) is 19.1 Å². The molecule has 26 heavy (non-hydrogen) atoms. The van der Waals surface area contributed by atoms with Crippen LogP contribution >= 0.6 is 0 Å². The van der Waals surface area contributed by atoms with E-state index in [1.54, 1.807) is 24.3 Å². The van der Waals surface area contributed by atoms with Gasteiger partial charge in [0.25, 0.3) is 5.91 Å². The first-order valence-electron chi connectivity index (χ1n) is 7.80. The number of nitrogens with zero attached hydrogens (tertiary/aromatic N) is 1. The minimum absolute atomic E-state index is 0.242. The maximum atomic E-state index is 13.1. The van der Waals surface area contributed by atoms with Crippen molar-refractivity contribution in [3.8, 4) is 5.75 Å². The number of para-hydroxylation sites is 3. The Hall–Kier alpha value is -3.03. The van der Waals surface area contributed by atoms with Crippen LogP contribution < -0.4 is 15.0 Å². The average Bonchev–Trinajstić information content (AvgIpc) is 2.60. The molecule has 0 bridgehead atoms. The van der Waals surface area contributed by atoms with Gasteiger partial charge in [0.15, 0.2) is 6.61 Å². The van der Waals surface area contributed by atoms with Gasteiger partial charge in [-0.05, 0) is 31.2 Å². The summed E-state index contributed by atoms with van der Waals surface area (Å²) >= 11 is 0. The van der Waals surface area contributed by atoms with Crippen LogP contribution in [0.4, 0.5) is 24.5 Å². The van der Waals surface area contributed by atoms with Gasteiger partial charge in [-0.3, -0.25) is 14.5 Å². The Bertz CT molecular complexity index is 852. The molecule has 0 saturated heterocycles. The summed E-state index contributed by atoms with van der Waals surface area (Å²) < 4.78 is 44.6. The summed E-state index contributed by atoms with van der Waals surface area (Å²) in [5, 5.41) is 2.27. The number of ether oxygens (including phenoxy) is 1. The largest absolute Gasteiger partial charge is 0.482 e. The van der Waals surface area contributed by atoms with Gasteiger partial charge in [-0.1, -0.05) is 24.3 Å². The lowest BCUT2D eigenvalue weighted by atomic mass is 10.1. The number of amides is 2. The fourth-order valence-corrected chi connectivity index (χ4v) is 2.74. The highest BCUT2D eigenvalue weighted by Crippen LogP contribution is 2.36. The summed E-state index contributed by atoms with van der Waals surface area (Å²) in [6.07, 6.45) is -4.60. The van der Waals surface area contributed by atoms with Crippen LogP contribution in [0.25, 0.3) is 0 Å². The van der Waals surface area contributed by atoms with E-state index in [-0.39, 0.29) is 12.3 Å². The molecule has 0 fully saturated rings. The highest BCUT2D eigenvalue weighted by molar-refractivity contribution is 6.07. The van der Waals surface area contributed by atoms with E-state index in [4.69, 9.17) is 4.74 Å². The van der Waals surface area contributed by atoms with Crippen molar-refractivity contribution in [2.75, 3.05) is 16.8 Å². The summed E-state index contributed by atoms with van der Waals surface area (Å²) in [6, 6.07) is 10.3. The van der Waals surface area contributed by atoms with Crippen LogP contribution in [0, 0.1) is 0 Å². The third-order valence-electron chi connectivity index (χ3n) is 4.00. The van der Waals surface area contributed by atoms with E-state index in [1.807, 2.05) is 0 Å². The lowest BCUT2D eigenvalue weighted by Gasteiger charge is -2.33. The van der Waals surface area contributed by atoms with E-state index in [1.165, 1.54) is 30.0 Å². The molecular formula is C18H15F3N2O3. The van der Waals surface area contributed by atoms with Crippen molar-refractivity contribution >= 4 is 23.2 Å². The maximum Gasteiger partial charge on any atom is 0.418 e. The molecule has 136 valence electrons. The number of fused-ring (bicyclic) bond motifs is 1. The van der Waals surface area contributed by atoms with Crippen LogP contribution in [0.3, 0.4) is 0 Å². The van der Waals surface area contributed by atoms with Gasteiger partial charge in [0.1, 0.15) is 11.8 Å². The van der Waals surface area contributed by atoms with Crippen LogP contribution in [-0.4, -0.2) is 24.5 Å². The van der Waals surface area contributed by atoms with Crippen LogP contribution in [0.1, 0.15) is 12.5 Å². The number of halogens is 3. The molecule has 0 aromatic heterocycles. The Morgan fingerprint density at radius 2 is 1.81 bits per heavy atom. The molecule has 1 heterocycles. The molecule has 1 aliphatic rings. The molecule has 1 unspecified atom stereocenters. The van der Waals surface area contributed by atoms with E-state index in [2.05, 4.69) is 5.32 Å². The monoisotopic (exact) mass is 364 g/mol. The standard InChI is InChI=1S/C18H15F3N2O3/c1-11(23-14-8-4-5-9-15(14)26-10-16(23)24)17(25)22-13-7-3-2-6-12(13)18(19,20)21/h2-9,11H,10H2,1H3,(H,22,25). The zero-order valence-electron chi connectivity index (χ0n) is 13.7. The smallest absolute Gasteiger partial charge is 0.418 e. The van der Waals surface area contributed by atoms with Crippen molar-refractivity contribution in [1.82, 2.24) is 0 Å². The molecule has 1 N–H and O–H groups in total. The Balaban J connectivity index is 1.87. The highest BCUT2D eigenvalue weighted by Gasteiger charge is 2.36. The number of benzene rings is 2. The van der Waals surface area contributed by atoms with Crippen molar-refractivity contribution in [3.63, 3.8) is 0 Å². The fraction of sp³-hybridized carbons (Fsp3) is 0.222. The van der Waals surface area contributed by atoms with Crippen molar-refractivity contribution in [3.05, 3.63) is 54.1 Å². The number of hydrogen-bond acceptors (Lipinski definition) is 3. The Kier molecular flexibility index (Phi) is 4.58. The van der Waals surface area contributed by atoms with E-state index in [0.29, 0.717) is 11.4 Å². The fourth-order valence-electron chi connectivity index (χ4n) is 2.74. The Morgan fingerprint density at radius 3 is 2.54 bits per heavy atom. The molecule has 0 spiro atoms. The molecule has 0 saturated carbocycles. The third-order valence-corrected chi connectivity index (χ3v) is 4.00. The zero-order valence-corrected chi connectivity index (χ0v) is 13.7. The lowest BCUT2D eigenvalue weighted by Crippen LogP contribution is -2.49. The first kappa shape index (κ1) is 17.8. The number of rotatable bonds is 3. The van der Waals surface area contributed by atoms with Gasteiger partial charge in [-0.25, -0.2) is 0 Å². The summed E-state index contributed by atoms with van der Waals surface area (Å²) in [4.78, 5) is 26.0. The third kappa shape index (κ3) is 3.35. The molecule has 0 radical (unpaired) electrons. The average molecular weight is 364 g/mol. The number of carbonyl (C=O) groups is 2. The molecule has 2 amide bonds. The van der Waals surface area contributed by atoms with Gasteiger partial charge in [0, 0.05) is 0 Å². The summed E-state index contributed by atoms with van der Waals surface area (Å²) in [5.74, 6) is -0.746. The van der Waals surface area contributed by atoms with Crippen LogP contribution in [0.15, 0.2) is 48.5 Å². The normalized spacial score (nSPS) is 15.1. The van der Waals surface area contributed by atoms with Gasteiger partial charge >= 0.3 is 6.18 Å². The Morgan fingerprint density at radius 1 is 1.15 bits per heavy atom. The van der Waals surface area contributed by atoms with Crippen molar-refractivity contribution < 1.29 is 27.5 Å². The van der Waals surface area contributed by atoms with Gasteiger partial charge in [0.05, 0.1) is 16.9 Å². The maximum absolute atomic E-state index is 13.1. The van der Waals surface area contributed by atoms with Crippen LogP contribution in [0.5, 0.6) is 5.75 Å². The van der Waals surface area contributed by atoms with Crippen LogP contribution in [0.2, 0.25) is 0 Å². The van der Waals surface area contributed by atoms with Crippen molar-refractivity contribution in [1.29, 1.82) is 0 Å². The Labute approximate surface area is 147 Å². The predicted molar refractivity (Wildman–Crippen MR) is 89.0 cm³/mol. The van der Waals surface area contributed by atoms with Gasteiger partial charge in [-0.15, -0.1) is 0 Å².